The summed E-state index contributed by atoms with van der Waals surface area (Å²) in [6.45, 7) is 0. The van der Waals surface area contributed by atoms with Crippen LogP contribution in [0.3, 0.4) is 0 Å². The summed E-state index contributed by atoms with van der Waals surface area (Å²) in [5.74, 6) is -0.817. The summed E-state index contributed by atoms with van der Waals surface area (Å²) in [7, 11) is 0. The van der Waals surface area contributed by atoms with Crippen molar-refractivity contribution in [3.05, 3.63) is 89.9 Å². The Labute approximate surface area is 180 Å². The second-order valence-corrected chi connectivity index (χ2v) is 7.84. The Morgan fingerprint density at radius 3 is 2.68 bits per heavy atom. The molecule has 1 aliphatic heterocycles. The third-order valence-electron chi connectivity index (χ3n) is 4.68. The topological polar surface area (TPSA) is 84.2 Å². The third-order valence-corrected chi connectivity index (χ3v) is 5.83. The van der Waals surface area contributed by atoms with Gasteiger partial charge in [-0.25, -0.2) is 9.37 Å². The van der Waals surface area contributed by atoms with E-state index in [0.717, 1.165) is 10.5 Å². The minimum atomic E-state index is -0.485. The summed E-state index contributed by atoms with van der Waals surface area (Å²) in [5, 5.41) is 5.37. The molecule has 0 bridgehead atoms. The number of oxazole rings is 1. The highest BCUT2D eigenvalue weighted by Crippen LogP contribution is 2.39. The molecule has 2 N–H and O–H groups in total. The van der Waals surface area contributed by atoms with Crippen LogP contribution >= 0.6 is 11.8 Å². The van der Waals surface area contributed by atoms with E-state index >= 15 is 0 Å². The molecule has 0 saturated carbocycles. The van der Waals surface area contributed by atoms with E-state index < -0.39 is 17.6 Å². The van der Waals surface area contributed by atoms with Gasteiger partial charge in [-0.1, -0.05) is 42.1 Å². The lowest BCUT2D eigenvalue weighted by Gasteiger charge is -2.08. The number of halogens is 1. The third kappa shape index (κ3) is 3.80. The molecule has 3 aromatic carbocycles. The zero-order chi connectivity index (χ0) is 21.4. The van der Waals surface area contributed by atoms with Gasteiger partial charge in [0.2, 0.25) is 0 Å². The van der Waals surface area contributed by atoms with Gasteiger partial charge in [-0.15, -0.1) is 0 Å². The first kappa shape index (κ1) is 19.1. The molecule has 1 aliphatic rings. The number of carbonyl (C=O) groups is 2. The predicted octanol–water partition coefficient (Wildman–Crippen LogP) is 5.45. The largest absolute Gasteiger partial charge is 0.423 e. The van der Waals surface area contributed by atoms with E-state index in [0.29, 0.717) is 21.9 Å². The van der Waals surface area contributed by atoms with Crippen molar-refractivity contribution in [2.45, 2.75) is 9.79 Å². The van der Waals surface area contributed by atoms with Crippen LogP contribution in [0.15, 0.2) is 87.1 Å². The molecule has 4 aromatic rings. The van der Waals surface area contributed by atoms with Gasteiger partial charge in [-0.2, -0.15) is 0 Å². The number of hydrogen-bond donors (Lipinski definition) is 2. The van der Waals surface area contributed by atoms with Crippen LogP contribution in [0.1, 0.15) is 20.7 Å². The highest BCUT2D eigenvalue weighted by Gasteiger charge is 2.22. The molecule has 2 heterocycles. The number of nitrogens with zero attached hydrogens (tertiary/aromatic N) is 1. The summed E-state index contributed by atoms with van der Waals surface area (Å²) in [6.07, 6.45) is 1.54. The Morgan fingerprint density at radius 2 is 1.84 bits per heavy atom. The van der Waals surface area contributed by atoms with Gasteiger partial charge in [0.25, 0.3) is 11.8 Å². The molecule has 0 spiro atoms. The van der Waals surface area contributed by atoms with Crippen LogP contribution in [0, 0.1) is 5.82 Å². The Kier molecular flexibility index (Phi) is 4.76. The van der Waals surface area contributed by atoms with E-state index in [-0.39, 0.29) is 11.6 Å². The van der Waals surface area contributed by atoms with Crippen LogP contribution in [0.5, 0.6) is 0 Å². The average molecular weight is 431 g/mol. The summed E-state index contributed by atoms with van der Waals surface area (Å²) in [5.41, 5.74) is 1.88. The summed E-state index contributed by atoms with van der Waals surface area (Å²) in [4.78, 5) is 30.7. The van der Waals surface area contributed by atoms with Crippen molar-refractivity contribution in [1.82, 2.24) is 4.98 Å². The zero-order valence-electron chi connectivity index (χ0n) is 15.9. The van der Waals surface area contributed by atoms with Crippen molar-refractivity contribution in [2.24, 2.45) is 0 Å². The summed E-state index contributed by atoms with van der Waals surface area (Å²) in [6, 6.07) is 18.5. The van der Waals surface area contributed by atoms with Crippen LogP contribution in [0.25, 0.3) is 11.3 Å². The number of nitrogens with one attached hydrogen (secondary N) is 2. The number of aromatic nitrogens is 1. The zero-order valence-corrected chi connectivity index (χ0v) is 16.7. The first-order valence-electron chi connectivity index (χ1n) is 9.32. The fourth-order valence-electron chi connectivity index (χ4n) is 3.17. The maximum absolute atomic E-state index is 13.6. The smallest absolute Gasteiger partial charge is 0.302 e. The standard InChI is InChI=1S/C23H14FN3O3S/c24-15-7-9-19-16(11-15)22(29)26-17-10-14(6-8-20(17)31-19)21(28)27-23-25-12-18(30-23)13-4-2-1-3-5-13/h1-12H,(H,26,29)(H,25,27,28). The first-order chi connectivity index (χ1) is 15.1. The van der Waals surface area contributed by atoms with E-state index in [1.165, 1.54) is 30.1 Å². The number of anilines is 2. The van der Waals surface area contributed by atoms with Crippen LogP contribution < -0.4 is 10.6 Å². The number of amides is 2. The van der Waals surface area contributed by atoms with Crippen LogP contribution in [-0.4, -0.2) is 16.8 Å². The lowest BCUT2D eigenvalue weighted by atomic mass is 10.1. The van der Waals surface area contributed by atoms with Crippen molar-refractivity contribution in [3.8, 4) is 11.3 Å². The van der Waals surface area contributed by atoms with Gasteiger partial charge in [0.05, 0.1) is 17.4 Å². The highest BCUT2D eigenvalue weighted by molar-refractivity contribution is 7.99. The Balaban J connectivity index is 1.37. The molecular formula is C23H14FN3O3S. The highest BCUT2D eigenvalue weighted by atomic mass is 32.2. The monoisotopic (exact) mass is 431 g/mol. The molecule has 5 rings (SSSR count). The fraction of sp³-hybridized carbons (Fsp3) is 0. The molecule has 152 valence electrons. The molecule has 31 heavy (non-hydrogen) atoms. The second-order valence-electron chi connectivity index (χ2n) is 6.76. The van der Waals surface area contributed by atoms with Crippen molar-refractivity contribution >= 4 is 35.3 Å². The van der Waals surface area contributed by atoms with Crippen molar-refractivity contribution in [2.75, 3.05) is 10.6 Å². The predicted molar refractivity (Wildman–Crippen MR) is 115 cm³/mol. The van der Waals surface area contributed by atoms with Gasteiger partial charge in [0.1, 0.15) is 5.82 Å². The summed E-state index contributed by atoms with van der Waals surface area (Å²) < 4.78 is 19.2. The van der Waals surface area contributed by atoms with Gasteiger partial charge in [0.15, 0.2) is 5.76 Å². The summed E-state index contributed by atoms with van der Waals surface area (Å²) >= 11 is 1.33. The van der Waals surface area contributed by atoms with Crippen molar-refractivity contribution in [1.29, 1.82) is 0 Å². The SMILES string of the molecule is O=C(Nc1ncc(-c2ccccc2)o1)c1ccc2c(c1)NC(=O)c1cc(F)ccc1S2. The van der Waals surface area contributed by atoms with Crippen molar-refractivity contribution in [3.63, 3.8) is 0 Å². The van der Waals surface area contributed by atoms with Gasteiger partial charge < -0.3 is 9.73 Å². The van der Waals surface area contributed by atoms with E-state index in [4.69, 9.17) is 4.42 Å². The lowest BCUT2D eigenvalue weighted by Crippen LogP contribution is -2.14. The molecule has 6 nitrogen and oxygen atoms in total. The maximum atomic E-state index is 13.6. The molecule has 8 heteroatoms. The number of benzene rings is 3. The quantitative estimate of drug-likeness (QED) is 0.451. The second kappa shape index (κ2) is 7.73. The number of rotatable bonds is 3. The maximum Gasteiger partial charge on any atom is 0.302 e. The molecule has 0 unspecified atom stereocenters. The minimum Gasteiger partial charge on any atom is -0.423 e. The molecule has 0 fully saturated rings. The van der Waals surface area contributed by atoms with Gasteiger partial charge >= 0.3 is 6.01 Å². The molecule has 2 amide bonds. The molecule has 1 aromatic heterocycles. The van der Waals surface area contributed by atoms with Gasteiger partial charge in [-0.05, 0) is 36.4 Å². The Morgan fingerprint density at radius 1 is 1.03 bits per heavy atom. The van der Waals surface area contributed by atoms with Gasteiger partial charge in [0, 0.05) is 20.9 Å². The molecule has 0 radical (unpaired) electrons. The van der Waals surface area contributed by atoms with E-state index in [1.807, 2.05) is 30.3 Å². The lowest BCUT2D eigenvalue weighted by molar-refractivity contribution is 0.101. The molecule has 0 aliphatic carbocycles. The number of fused-ring (bicyclic) bond motifs is 2. The molecule has 0 atom stereocenters. The van der Waals surface area contributed by atoms with E-state index in [2.05, 4.69) is 15.6 Å². The minimum absolute atomic E-state index is 0.0695. The van der Waals surface area contributed by atoms with Gasteiger partial charge in [-0.3, -0.25) is 14.9 Å². The Hall–Kier alpha value is -3.91. The number of carbonyl (C=O) groups excluding carboxylic acids is 2. The van der Waals surface area contributed by atoms with E-state index in [9.17, 15) is 14.0 Å². The van der Waals surface area contributed by atoms with Crippen LogP contribution in [0.2, 0.25) is 0 Å². The van der Waals surface area contributed by atoms with Crippen LogP contribution in [-0.2, 0) is 0 Å². The average Bonchev–Trinajstić information content (AvgIpc) is 3.19. The first-order valence-corrected chi connectivity index (χ1v) is 10.1. The fourth-order valence-corrected chi connectivity index (χ4v) is 4.16. The normalized spacial score (nSPS) is 12.4. The molecular weight excluding hydrogens is 417 g/mol. The number of hydrogen-bond acceptors (Lipinski definition) is 5. The van der Waals surface area contributed by atoms with E-state index in [1.54, 1.807) is 24.3 Å². The van der Waals surface area contributed by atoms with Crippen molar-refractivity contribution < 1.29 is 18.4 Å². The Bertz CT molecular complexity index is 1320. The molecule has 0 saturated heterocycles. The van der Waals surface area contributed by atoms with Crippen LogP contribution in [0.4, 0.5) is 16.1 Å².